The fourth-order valence-corrected chi connectivity index (χ4v) is 3.28. The number of nitrogens with zero attached hydrogens (tertiary/aromatic N) is 3. The maximum Gasteiger partial charge on any atom is 0.291 e. The summed E-state index contributed by atoms with van der Waals surface area (Å²) in [5, 5.41) is 3.28. The molecular formula is C23H16N4O3. The van der Waals surface area contributed by atoms with Crippen LogP contribution in [0.1, 0.15) is 16.1 Å². The van der Waals surface area contributed by atoms with Gasteiger partial charge in [-0.05, 0) is 36.8 Å². The van der Waals surface area contributed by atoms with E-state index in [2.05, 4.69) is 15.3 Å². The third-order valence-electron chi connectivity index (χ3n) is 4.88. The molecule has 3 aromatic heterocycles. The first-order valence-electron chi connectivity index (χ1n) is 9.33. The van der Waals surface area contributed by atoms with Crippen molar-refractivity contribution in [2.24, 2.45) is 0 Å². The molecule has 1 amide bonds. The third kappa shape index (κ3) is 3.12. The average Bonchev–Trinajstić information content (AvgIpc) is 3.19. The van der Waals surface area contributed by atoms with Gasteiger partial charge < -0.3 is 9.73 Å². The summed E-state index contributed by atoms with van der Waals surface area (Å²) >= 11 is 0. The Morgan fingerprint density at radius 2 is 1.97 bits per heavy atom. The van der Waals surface area contributed by atoms with E-state index < -0.39 is 5.91 Å². The smallest absolute Gasteiger partial charge is 0.291 e. The highest BCUT2D eigenvalue weighted by Crippen LogP contribution is 2.25. The summed E-state index contributed by atoms with van der Waals surface area (Å²) in [7, 11) is 0. The molecule has 5 aromatic rings. The summed E-state index contributed by atoms with van der Waals surface area (Å²) in [6, 6.07) is 15.6. The van der Waals surface area contributed by atoms with Crippen molar-refractivity contribution in [3.63, 3.8) is 0 Å². The Morgan fingerprint density at radius 3 is 2.83 bits per heavy atom. The van der Waals surface area contributed by atoms with Crippen LogP contribution in [0.4, 0.5) is 5.69 Å². The van der Waals surface area contributed by atoms with E-state index >= 15 is 0 Å². The van der Waals surface area contributed by atoms with Gasteiger partial charge in [-0.25, -0.2) is 9.97 Å². The highest BCUT2D eigenvalue weighted by atomic mass is 16.3. The molecule has 5 rings (SSSR count). The number of aryl methyl sites for hydroxylation is 1. The average molecular weight is 396 g/mol. The van der Waals surface area contributed by atoms with Crippen LogP contribution in [0.2, 0.25) is 0 Å². The molecule has 0 spiro atoms. The number of aromatic nitrogens is 3. The Kier molecular flexibility index (Phi) is 4.14. The molecule has 0 radical (unpaired) electrons. The molecule has 0 saturated carbocycles. The van der Waals surface area contributed by atoms with Gasteiger partial charge in [-0.15, -0.1) is 0 Å². The minimum absolute atomic E-state index is 0.0413. The van der Waals surface area contributed by atoms with Crippen molar-refractivity contribution in [1.82, 2.24) is 14.4 Å². The Balaban J connectivity index is 1.49. The number of hydrogen-bond donors (Lipinski definition) is 1. The predicted molar refractivity (Wildman–Crippen MR) is 114 cm³/mol. The van der Waals surface area contributed by atoms with E-state index in [9.17, 15) is 9.59 Å². The molecule has 0 bridgehead atoms. The Bertz CT molecular complexity index is 1450. The fraction of sp³-hybridized carbons (Fsp3) is 0.0435. The fourth-order valence-electron chi connectivity index (χ4n) is 3.28. The topological polar surface area (TPSA) is 89.5 Å². The van der Waals surface area contributed by atoms with Crippen LogP contribution in [0.5, 0.6) is 0 Å². The second kappa shape index (κ2) is 6.97. The zero-order valence-corrected chi connectivity index (χ0v) is 16.0. The van der Waals surface area contributed by atoms with Gasteiger partial charge in [0.2, 0.25) is 5.78 Å². The minimum atomic E-state index is -0.491. The zero-order chi connectivity index (χ0) is 20.7. The van der Waals surface area contributed by atoms with E-state index in [1.807, 2.05) is 48.0 Å². The summed E-state index contributed by atoms with van der Waals surface area (Å²) in [5.74, 6) is 0.0619. The van der Waals surface area contributed by atoms with E-state index in [-0.39, 0.29) is 11.2 Å². The van der Waals surface area contributed by atoms with Crippen molar-refractivity contribution < 1.29 is 9.21 Å². The van der Waals surface area contributed by atoms with E-state index in [1.54, 1.807) is 30.5 Å². The Morgan fingerprint density at radius 1 is 1.10 bits per heavy atom. The number of carbonyl (C=O) groups excluding carboxylic acids is 1. The normalized spacial score (nSPS) is 11.1. The lowest BCUT2D eigenvalue weighted by molar-refractivity contribution is 0.0997. The number of para-hydroxylation sites is 1. The van der Waals surface area contributed by atoms with Crippen molar-refractivity contribution in [1.29, 1.82) is 0 Å². The van der Waals surface area contributed by atoms with Gasteiger partial charge in [-0.3, -0.25) is 14.0 Å². The van der Waals surface area contributed by atoms with Gasteiger partial charge in [0, 0.05) is 35.9 Å². The van der Waals surface area contributed by atoms with Crippen molar-refractivity contribution >= 4 is 28.3 Å². The van der Waals surface area contributed by atoms with Crippen molar-refractivity contribution in [2.75, 3.05) is 5.32 Å². The molecule has 7 heteroatoms. The standard InChI is InChI=1S/C23H16N4O3/c1-14-7-8-15(18-13-27-10-4-9-24-23(27)26-18)11-17(14)25-22(29)21-12-19(28)16-5-2-3-6-20(16)30-21/h2-13H,1H3,(H,25,29). The Hall–Kier alpha value is -4.26. The number of imidazole rings is 1. The SMILES string of the molecule is Cc1ccc(-c2cn3cccnc3n2)cc1NC(=O)c1cc(=O)c2ccccc2o1. The molecule has 0 unspecified atom stereocenters. The monoisotopic (exact) mass is 396 g/mol. The van der Waals surface area contributed by atoms with Crippen LogP contribution < -0.4 is 10.7 Å². The third-order valence-corrected chi connectivity index (χ3v) is 4.88. The second-order valence-electron chi connectivity index (χ2n) is 6.91. The van der Waals surface area contributed by atoms with Gasteiger partial charge >= 0.3 is 0 Å². The van der Waals surface area contributed by atoms with Crippen LogP contribution in [0.3, 0.4) is 0 Å². The number of hydrogen-bond acceptors (Lipinski definition) is 5. The number of carbonyl (C=O) groups is 1. The van der Waals surface area contributed by atoms with E-state index in [0.717, 1.165) is 16.8 Å². The lowest BCUT2D eigenvalue weighted by atomic mass is 10.1. The van der Waals surface area contributed by atoms with Crippen LogP contribution in [-0.2, 0) is 0 Å². The molecule has 0 atom stereocenters. The van der Waals surface area contributed by atoms with Gasteiger partial charge in [-0.2, -0.15) is 0 Å². The Labute approximate surface area is 170 Å². The van der Waals surface area contributed by atoms with Gasteiger partial charge in [0.25, 0.3) is 5.91 Å². The number of amides is 1. The summed E-state index contributed by atoms with van der Waals surface area (Å²) in [6.07, 6.45) is 5.43. The zero-order valence-electron chi connectivity index (χ0n) is 16.0. The molecule has 146 valence electrons. The van der Waals surface area contributed by atoms with Crippen LogP contribution >= 0.6 is 0 Å². The molecular weight excluding hydrogens is 380 g/mol. The highest BCUT2D eigenvalue weighted by Gasteiger charge is 2.15. The summed E-state index contributed by atoms with van der Waals surface area (Å²) in [6.45, 7) is 1.89. The molecule has 0 saturated heterocycles. The van der Waals surface area contributed by atoms with Gasteiger partial charge in [0.15, 0.2) is 11.2 Å². The molecule has 0 fully saturated rings. The van der Waals surface area contributed by atoms with E-state index in [1.165, 1.54) is 6.07 Å². The minimum Gasteiger partial charge on any atom is -0.451 e. The second-order valence-corrected chi connectivity index (χ2v) is 6.91. The molecule has 2 aromatic carbocycles. The first-order valence-corrected chi connectivity index (χ1v) is 9.33. The van der Waals surface area contributed by atoms with Crippen LogP contribution in [-0.4, -0.2) is 20.3 Å². The number of nitrogens with one attached hydrogen (secondary N) is 1. The van der Waals surface area contributed by atoms with Crippen LogP contribution in [0.15, 0.2) is 82.4 Å². The first kappa shape index (κ1) is 17.8. The quantitative estimate of drug-likeness (QED) is 0.497. The number of anilines is 1. The first-order chi connectivity index (χ1) is 14.6. The van der Waals surface area contributed by atoms with Crippen molar-refractivity contribution in [3.8, 4) is 11.3 Å². The summed E-state index contributed by atoms with van der Waals surface area (Å²) in [5.41, 5.74) is 3.17. The summed E-state index contributed by atoms with van der Waals surface area (Å²) in [4.78, 5) is 33.8. The predicted octanol–water partition coefficient (Wildman–Crippen LogP) is 4.06. The van der Waals surface area contributed by atoms with Gasteiger partial charge in [0.05, 0.1) is 11.1 Å². The van der Waals surface area contributed by atoms with Gasteiger partial charge in [0.1, 0.15) is 5.58 Å². The number of benzene rings is 2. The molecule has 7 nitrogen and oxygen atoms in total. The maximum atomic E-state index is 12.8. The highest BCUT2D eigenvalue weighted by molar-refractivity contribution is 6.03. The lowest BCUT2D eigenvalue weighted by Gasteiger charge is -2.10. The largest absolute Gasteiger partial charge is 0.451 e. The van der Waals surface area contributed by atoms with Crippen LogP contribution in [0.25, 0.3) is 28.0 Å². The number of rotatable bonds is 3. The maximum absolute atomic E-state index is 12.8. The molecule has 0 aliphatic carbocycles. The van der Waals surface area contributed by atoms with E-state index in [0.29, 0.717) is 22.4 Å². The molecule has 30 heavy (non-hydrogen) atoms. The van der Waals surface area contributed by atoms with Gasteiger partial charge in [-0.1, -0.05) is 24.3 Å². The molecule has 3 heterocycles. The van der Waals surface area contributed by atoms with E-state index in [4.69, 9.17) is 4.42 Å². The van der Waals surface area contributed by atoms with Crippen molar-refractivity contribution in [3.05, 3.63) is 94.7 Å². The molecule has 0 aliphatic rings. The lowest BCUT2D eigenvalue weighted by Crippen LogP contribution is -2.15. The van der Waals surface area contributed by atoms with Crippen LogP contribution in [0, 0.1) is 6.92 Å². The number of fused-ring (bicyclic) bond motifs is 2. The summed E-state index contributed by atoms with van der Waals surface area (Å²) < 4.78 is 7.47. The molecule has 1 N–H and O–H groups in total. The van der Waals surface area contributed by atoms with Crippen molar-refractivity contribution in [2.45, 2.75) is 6.92 Å². The molecule has 0 aliphatic heterocycles.